The molecule has 0 spiro atoms. The minimum absolute atomic E-state index is 0.0413. The normalized spacial score (nSPS) is 11.7. The fourth-order valence-corrected chi connectivity index (χ4v) is 2.81. The van der Waals surface area contributed by atoms with Crippen LogP contribution in [0.15, 0.2) is 41.5 Å². The molecule has 0 atom stereocenters. The van der Waals surface area contributed by atoms with Crippen molar-refractivity contribution in [1.29, 1.82) is 0 Å². The van der Waals surface area contributed by atoms with E-state index >= 15 is 0 Å². The standard InChI is InChI=1S/C15H12N4O/c1-9-13-12(10-5-3-4-6-11(10)17-9)14(20)18(2)15-16-7-8-19(13)15/h3-8H,1-2H3. The molecule has 0 amide bonds. The molecular formula is C15H12N4O. The Hall–Kier alpha value is -2.69. The minimum atomic E-state index is -0.0413. The van der Waals surface area contributed by atoms with Crippen LogP contribution in [0.5, 0.6) is 0 Å². The van der Waals surface area contributed by atoms with Gasteiger partial charge in [-0.25, -0.2) is 4.98 Å². The van der Waals surface area contributed by atoms with Gasteiger partial charge in [-0.3, -0.25) is 18.7 Å². The molecule has 0 radical (unpaired) electrons. The molecule has 3 aromatic heterocycles. The molecular weight excluding hydrogens is 252 g/mol. The average Bonchev–Trinajstić information content (AvgIpc) is 2.93. The maximum Gasteiger partial charge on any atom is 0.263 e. The number of pyridine rings is 1. The zero-order valence-electron chi connectivity index (χ0n) is 11.2. The first kappa shape index (κ1) is 11.2. The van der Waals surface area contributed by atoms with Gasteiger partial charge in [-0.1, -0.05) is 18.2 Å². The van der Waals surface area contributed by atoms with Gasteiger partial charge in [0.15, 0.2) is 0 Å². The predicted octanol–water partition coefficient (Wildman–Crippen LogP) is 2.04. The number of benzene rings is 1. The second-order valence-corrected chi connectivity index (χ2v) is 4.90. The Morgan fingerprint density at radius 3 is 2.85 bits per heavy atom. The Morgan fingerprint density at radius 1 is 1.20 bits per heavy atom. The van der Waals surface area contributed by atoms with E-state index in [4.69, 9.17) is 0 Å². The Morgan fingerprint density at radius 2 is 2.00 bits per heavy atom. The van der Waals surface area contributed by atoms with Gasteiger partial charge in [-0.2, -0.15) is 0 Å². The third-order valence-corrected chi connectivity index (χ3v) is 3.72. The molecule has 0 saturated carbocycles. The van der Waals surface area contributed by atoms with Crippen molar-refractivity contribution in [1.82, 2.24) is 18.9 Å². The molecule has 0 bridgehead atoms. The van der Waals surface area contributed by atoms with Gasteiger partial charge in [0.05, 0.1) is 22.1 Å². The average molecular weight is 264 g/mol. The second-order valence-electron chi connectivity index (χ2n) is 4.90. The molecule has 5 nitrogen and oxygen atoms in total. The smallest absolute Gasteiger partial charge is 0.263 e. The number of nitrogens with zero attached hydrogens (tertiary/aromatic N) is 4. The maximum atomic E-state index is 12.7. The Balaban J connectivity index is 2.49. The van der Waals surface area contributed by atoms with Gasteiger partial charge in [0.25, 0.3) is 5.56 Å². The molecule has 0 fully saturated rings. The lowest BCUT2D eigenvalue weighted by molar-refractivity contribution is 0.863. The quantitative estimate of drug-likeness (QED) is 0.457. The highest BCUT2D eigenvalue weighted by molar-refractivity contribution is 6.05. The molecule has 5 heteroatoms. The van der Waals surface area contributed by atoms with E-state index in [0.29, 0.717) is 11.2 Å². The number of imidazole rings is 1. The highest BCUT2D eigenvalue weighted by atomic mass is 16.1. The summed E-state index contributed by atoms with van der Waals surface area (Å²) in [5.74, 6) is 0.627. The third kappa shape index (κ3) is 1.24. The van der Waals surface area contributed by atoms with Crippen LogP contribution in [-0.4, -0.2) is 18.9 Å². The number of hydrogen-bond acceptors (Lipinski definition) is 3. The van der Waals surface area contributed by atoms with Crippen LogP contribution in [0, 0.1) is 6.92 Å². The van der Waals surface area contributed by atoms with E-state index in [1.54, 1.807) is 17.8 Å². The molecule has 0 saturated heterocycles. The van der Waals surface area contributed by atoms with Crippen LogP contribution in [0.3, 0.4) is 0 Å². The Labute approximate surface area is 114 Å². The van der Waals surface area contributed by atoms with Gasteiger partial charge in [0, 0.05) is 24.8 Å². The predicted molar refractivity (Wildman–Crippen MR) is 78.0 cm³/mol. The fraction of sp³-hybridized carbons (Fsp3) is 0.133. The molecule has 98 valence electrons. The minimum Gasteiger partial charge on any atom is -0.283 e. The molecule has 4 rings (SSSR count). The van der Waals surface area contributed by atoms with Crippen LogP contribution in [-0.2, 0) is 7.05 Å². The van der Waals surface area contributed by atoms with Crippen molar-refractivity contribution < 1.29 is 0 Å². The van der Waals surface area contributed by atoms with Crippen LogP contribution in [0.4, 0.5) is 0 Å². The SMILES string of the molecule is Cc1nc2ccccc2c2c(=O)n(C)c3nccn3c12. The Bertz CT molecular complexity index is 1040. The van der Waals surface area contributed by atoms with E-state index in [1.165, 1.54) is 0 Å². The van der Waals surface area contributed by atoms with Gasteiger partial charge in [0.2, 0.25) is 5.78 Å². The van der Waals surface area contributed by atoms with Crippen LogP contribution >= 0.6 is 0 Å². The number of para-hydroxylation sites is 1. The van der Waals surface area contributed by atoms with Crippen molar-refractivity contribution in [2.24, 2.45) is 7.05 Å². The van der Waals surface area contributed by atoms with E-state index in [9.17, 15) is 4.79 Å². The molecule has 0 N–H and O–H groups in total. The number of hydrogen-bond donors (Lipinski definition) is 0. The first-order valence-corrected chi connectivity index (χ1v) is 6.39. The maximum absolute atomic E-state index is 12.7. The first-order valence-electron chi connectivity index (χ1n) is 6.39. The molecule has 0 aliphatic carbocycles. The van der Waals surface area contributed by atoms with E-state index in [0.717, 1.165) is 22.1 Å². The van der Waals surface area contributed by atoms with Crippen molar-refractivity contribution in [3.8, 4) is 0 Å². The zero-order chi connectivity index (χ0) is 13.9. The summed E-state index contributed by atoms with van der Waals surface area (Å²) in [4.78, 5) is 21.5. The third-order valence-electron chi connectivity index (χ3n) is 3.72. The van der Waals surface area contributed by atoms with Crippen LogP contribution < -0.4 is 5.56 Å². The zero-order valence-corrected chi connectivity index (χ0v) is 11.2. The molecule has 0 unspecified atom stereocenters. The van der Waals surface area contributed by atoms with E-state index < -0.39 is 0 Å². The molecule has 0 aliphatic rings. The number of aryl methyl sites for hydroxylation is 2. The van der Waals surface area contributed by atoms with Crippen molar-refractivity contribution in [2.75, 3.05) is 0 Å². The fourth-order valence-electron chi connectivity index (χ4n) is 2.81. The highest BCUT2D eigenvalue weighted by Gasteiger charge is 2.15. The monoisotopic (exact) mass is 264 g/mol. The summed E-state index contributed by atoms with van der Waals surface area (Å²) in [7, 11) is 1.74. The molecule has 1 aromatic carbocycles. The summed E-state index contributed by atoms with van der Waals surface area (Å²) >= 11 is 0. The van der Waals surface area contributed by atoms with Crippen molar-refractivity contribution >= 4 is 27.6 Å². The highest BCUT2D eigenvalue weighted by Crippen LogP contribution is 2.23. The molecule has 20 heavy (non-hydrogen) atoms. The van der Waals surface area contributed by atoms with Crippen molar-refractivity contribution in [3.05, 3.63) is 52.7 Å². The molecule has 4 aromatic rings. The number of aromatic nitrogens is 4. The van der Waals surface area contributed by atoms with Crippen molar-refractivity contribution in [2.45, 2.75) is 6.92 Å². The Kier molecular flexibility index (Phi) is 2.04. The van der Waals surface area contributed by atoms with Gasteiger partial charge in [-0.15, -0.1) is 0 Å². The van der Waals surface area contributed by atoms with Crippen molar-refractivity contribution in [3.63, 3.8) is 0 Å². The largest absolute Gasteiger partial charge is 0.283 e. The summed E-state index contributed by atoms with van der Waals surface area (Å²) < 4.78 is 3.50. The van der Waals surface area contributed by atoms with E-state index in [-0.39, 0.29) is 5.56 Å². The summed E-state index contributed by atoms with van der Waals surface area (Å²) in [6, 6.07) is 7.73. The van der Waals surface area contributed by atoms with Gasteiger partial charge < -0.3 is 0 Å². The summed E-state index contributed by atoms with van der Waals surface area (Å²) in [5, 5.41) is 1.57. The van der Waals surface area contributed by atoms with Crippen LogP contribution in [0.1, 0.15) is 5.69 Å². The summed E-state index contributed by atoms with van der Waals surface area (Å²) in [5.41, 5.74) is 2.47. The van der Waals surface area contributed by atoms with Crippen LogP contribution in [0.2, 0.25) is 0 Å². The lowest BCUT2D eigenvalue weighted by atomic mass is 10.1. The molecule has 3 heterocycles. The topological polar surface area (TPSA) is 52.2 Å². The summed E-state index contributed by atoms with van der Waals surface area (Å²) in [6.07, 6.45) is 3.56. The number of rotatable bonds is 0. The summed E-state index contributed by atoms with van der Waals surface area (Å²) in [6.45, 7) is 1.92. The lowest BCUT2D eigenvalue weighted by Gasteiger charge is -2.10. The van der Waals surface area contributed by atoms with E-state index in [1.807, 2.05) is 41.8 Å². The number of fused-ring (bicyclic) bond motifs is 5. The van der Waals surface area contributed by atoms with Crippen LogP contribution in [0.25, 0.3) is 27.6 Å². The first-order chi connectivity index (χ1) is 9.68. The van der Waals surface area contributed by atoms with Gasteiger partial charge >= 0.3 is 0 Å². The second kappa shape index (κ2) is 3.66. The van der Waals surface area contributed by atoms with Gasteiger partial charge in [-0.05, 0) is 13.0 Å². The van der Waals surface area contributed by atoms with E-state index in [2.05, 4.69) is 9.97 Å². The lowest BCUT2D eigenvalue weighted by Crippen LogP contribution is -2.21. The van der Waals surface area contributed by atoms with Gasteiger partial charge in [0.1, 0.15) is 0 Å². The molecule has 0 aliphatic heterocycles.